The standard InChI is InChI=1S/C13H13F2N3O2S/c14-10-2-1-9(12(15)7-10)8-18(11-3-4-11)21(19,20)13-5-6-16-17-13/h1-2,5-7,11H,3-4,8H2,(H,16,17). The van der Waals surface area contributed by atoms with Gasteiger partial charge in [-0.25, -0.2) is 17.2 Å². The molecule has 5 nitrogen and oxygen atoms in total. The molecule has 21 heavy (non-hydrogen) atoms. The van der Waals surface area contributed by atoms with Gasteiger partial charge in [-0.3, -0.25) is 5.10 Å². The van der Waals surface area contributed by atoms with Gasteiger partial charge in [0.1, 0.15) is 11.6 Å². The summed E-state index contributed by atoms with van der Waals surface area (Å²) >= 11 is 0. The third-order valence-corrected chi connectivity index (χ3v) is 5.19. The van der Waals surface area contributed by atoms with Crippen LogP contribution in [0.1, 0.15) is 18.4 Å². The Kier molecular flexibility index (Phi) is 3.50. The fourth-order valence-electron chi connectivity index (χ4n) is 2.10. The first-order valence-corrected chi connectivity index (χ1v) is 7.87. The van der Waals surface area contributed by atoms with Gasteiger partial charge in [0.2, 0.25) is 0 Å². The van der Waals surface area contributed by atoms with Crippen molar-refractivity contribution in [3.8, 4) is 0 Å². The lowest BCUT2D eigenvalue weighted by Gasteiger charge is -2.21. The maximum absolute atomic E-state index is 13.7. The molecule has 8 heteroatoms. The molecule has 0 aliphatic heterocycles. The number of nitrogens with zero attached hydrogens (tertiary/aromatic N) is 2. The Balaban J connectivity index is 1.93. The predicted octanol–water partition coefficient (Wildman–Crippen LogP) is 2.04. The SMILES string of the molecule is O=S(=O)(c1ccn[nH]1)N(Cc1ccc(F)cc1F)C1CC1. The number of hydrogen-bond acceptors (Lipinski definition) is 3. The van der Waals surface area contributed by atoms with Crippen LogP contribution in [-0.4, -0.2) is 29.0 Å². The van der Waals surface area contributed by atoms with Gasteiger partial charge in [-0.1, -0.05) is 6.07 Å². The van der Waals surface area contributed by atoms with Gasteiger partial charge in [0, 0.05) is 24.2 Å². The van der Waals surface area contributed by atoms with E-state index in [-0.39, 0.29) is 23.2 Å². The summed E-state index contributed by atoms with van der Waals surface area (Å²) in [5.74, 6) is -1.44. The second-order valence-electron chi connectivity index (χ2n) is 4.94. The molecule has 0 spiro atoms. The molecule has 1 fully saturated rings. The molecule has 112 valence electrons. The first-order valence-electron chi connectivity index (χ1n) is 6.43. The summed E-state index contributed by atoms with van der Waals surface area (Å²) in [5, 5.41) is 6.02. The number of sulfonamides is 1. The van der Waals surface area contributed by atoms with Gasteiger partial charge >= 0.3 is 0 Å². The van der Waals surface area contributed by atoms with Crippen molar-refractivity contribution in [2.24, 2.45) is 0 Å². The molecule has 1 aliphatic carbocycles. The first kappa shape index (κ1) is 14.2. The molecule has 0 bridgehead atoms. The Hall–Kier alpha value is -1.80. The van der Waals surface area contributed by atoms with Crippen LogP contribution < -0.4 is 0 Å². The van der Waals surface area contributed by atoms with Crippen LogP contribution in [0, 0.1) is 11.6 Å². The highest BCUT2D eigenvalue weighted by atomic mass is 32.2. The average molecular weight is 313 g/mol. The van der Waals surface area contributed by atoms with E-state index in [1.165, 1.54) is 22.6 Å². The van der Waals surface area contributed by atoms with Crippen molar-refractivity contribution < 1.29 is 17.2 Å². The molecule has 1 aliphatic rings. The summed E-state index contributed by atoms with van der Waals surface area (Å²) in [5.41, 5.74) is 0.145. The van der Waals surface area contributed by atoms with E-state index in [0.29, 0.717) is 0 Å². The Labute approximate surface area is 120 Å². The summed E-state index contributed by atoms with van der Waals surface area (Å²) in [7, 11) is -3.76. The van der Waals surface area contributed by atoms with Crippen LogP contribution in [0.3, 0.4) is 0 Å². The van der Waals surface area contributed by atoms with E-state index >= 15 is 0 Å². The molecule has 3 rings (SSSR count). The van der Waals surface area contributed by atoms with Crippen LogP contribution in [0.5, 0.6) is 0 Å². The van der Waals surface area contributed by atoms with Crippen LogP contribution in [0.15, 0.2) is 35.5 Å². The Bertz CT molecular complexity index is 743. The van der Waals surface area contributed by atoms with Gasteiger partial charge in [-0.2, -0.15) is 9.40 Å². The minimum Gasteiger partial charge on any atom is -0.266 e. The van der Waals surface area contributed by atoms with E-state index in [9.17, 15) is 17.2 Å². The number of nitrogens with one attached hydrogen (secondary N) is 1. The highest BCUT2D eigenvalue weighted by molar-refractivity contribution is 7.89. The molecule has 0 unspecified atom stereocenters. The van der Waals surface area contributed by atoms with Crippen LogP contribution in [0.4, 0.5) is 8.78 Å². The number of hydrogen-bond donors (Lipinski definition) is 1. The normalized spacial score (nSPS) is 15.6. The monoisotopic (exact) mass is 313 g/mol. The van der Waals surface area contributed by atoms with Crippen molar-refractivity contribution in [2.75, 3.05) is 0 Å². The van der Waals surface area contributed by atoms with Crippen LogP contribution in [0.25, 0.3) is 0 Å². The highest BCUT2D eigenvalue weighted by Gasteiger charge is 2.39. The summed E-state index contributed by atoms with van der Waals surface area (Å²) in [6, 6.07) is 4.34. The Morgan fingerprint density at radius 3 is 2.62 bits per heavy atom. The number of aromatic amines is 1. The van der Waals surface area contributed by atoms with Gasteiger partial charge in [-0.15, -0.1) is 0 Å². The minimum atomic E-state index is -3.76. The topological polar surface area (TPSA) is 66.1 Å². The molecule has 0 saturated heterocycles. The Morgan fingerprint density at radius 2 is 2.05 bits per heavy atom. The van der Waals surface area contributed by atoms with E-state index < -0.39 is 21.7 Å². The second kappa shape index (κ2) is 5.19. The van der Waals surface area contributed by atoms with Crippen molar-refractivity contribution in [2.45, 2.75) is 30.5 Å². The quantitative estimate of drug-likeness (QED) is 0.918. The zero-order valence-corrected chi connectivity index (χ0v) is 11.8. The highest BCUT2D eigenvalue weighted by Crippen LogP contribution is 2.33. The molecule has 1 N–H and O–H groups in total. The van der Waals surface area contributed by atoms with E-state index in [0.717, 1.165) is 25.0 Å². The molecular weight excluding hydrogens is 300 g/mol. The molecule has 1 aromatic heterocycles. The molecule has 2 aromatic rings. The van der Waals surface area contributed by atoms with E-state index in [1.807, 2.05) is 0 Å². The van der Waals surface area contributed by atoms with Gasteiger partial charge in [-0.05, 0) is 25.0 Å². The smallest absolute Gasteiger partial charge is 0.260 e. The predicted molar refractivity (Wildman–Crippen MR) is 70.7 cm³/mol. The lowest BCUT2D eigenvalue weighted by molar-refractivity contribution is 0.389. The van der Waals surface area contributed by atoms with E-state index in [1.54, 1.807) is 0 Å². The number of halogens is 2. The van der Waals surface area contributed by atoms with Crippen LogP contribution in [0.2, 0.25) is 0 Å². The summed E-state index contributed by atoms with van der Waals surface area (Å²) in [4.78, 5) is 0. The zero-order chi connectivity index (χ0) is 15.0. The number of aromatic nitrogens is 2. The van der Waals surface area contributed by atoms with E-state index in [2.05, 4.69) is 10.2 Å². The molecule has 1 heterocycles. The molecule has 0 amide bonds. The van der Waals surface area contributed by atoms with Crippen LogP contribution in [-0.2, 0) is 16.6 Å². The Morgan fingerprint density at radius 1 is 1.29 bits per heavy atom. The molecule has 1 saturated carbocycles. The lowest BCUT2D eigenvalue weighted by Crippen LogP contribution is -2.33. The molecular formula is C13H13F2N3O2S. The zero-order valence-electron chi connectivity index (χ0n) is 11.0. The first-order chi connectivity index (χ1) is 9.98. The lowest BCUT2D eigenvalue weighted by atomic mass is 10.2. The van der Waals surface area contributed by atoms with Gasteiger partial charge in [0.15, 0.2) is 5.03 Å². The van der Waals surface area contributed by atoms with Crippen molar-refractivity contribution in [1.29, 1.82) is 0 Å². The van der Waals surface area contributed by atoms with Crippen molar-refractivity contribution in [3.05, 3.63) is 47.7 Å². The number of H-pyrrole nitrogens is 1. The third kappa shape index (κ3) is 2.81. The summed E-state index contributed by atoms with van der Waals surface area (Å²) in [6.45, 7) is -0.127. The number of rotatable bonds is 5. The van der Waals surface area contributed by atoms with Crippen molar-refractivity contribution in [3.63, 3.8) is 0 Å². The van der Waals surface area contributed by atoms with Crippen LogP contribution >= 0.6 is 0 Å². The van der Waals surface area contributed by atoms with Gasteiger partial charge < -0.3 is 0 Å². The minimum absolute atomic E-state index is 0.0306. The van der Waals surface area contributed by atoms with Gasteiger partial charge in [0.25, 0.3) is 10.0 Å². The third-order valence-electron chi connectivity index (χ3n) is 3.36. The molecule has 1 aromatic carbocycles. The maximum Gasteiger partial charge on any atom is 0.260 e. The summed E-state index contributed by atoms with van der Waals surface area (Å²) < 4.78 is 52.9. The summed E-state index contributed by atoms with van der Waals surface area (Å²) in [6.07, 6.45) is 2.81. The second-order valence-corrected chi connectivity index (χ2v) is 6.80. The fourth-order valence-corrected chi connectivity index (χ4v) is 3.67. The average Bonchev–Trinajstić information content (AvgIpc) is 3.09. The van der Waals surface area contributed by atoms with Crippen molar-refractivity contribution in [1.82, 2.24) is 14.5 Å². The van der Waals surface area contributed by atoms with Gasteiger partial charge in [0.05, 0.1) is 6.20 Å². The van der Waals surface area contributed by atoms with Crippen molar-refractivity contribution >= 4 is 10.0 Å². The molecule has 0 radical (unpaired) electrons. The largest absolute Gasteiger partial charge is 0.266 e. The number of benzene rings is 1. The maximum atomic E-state index is 13.7. The van der Waals surface area contributed by atoms with E-state index in [4.69, 9.17) is 0 Å². The molecule has 0 atom stereocenters. The fraction of sp³-hybridized carbons (Fsp3) is 0.308.